The number of aromatic nitrogens is 2. The summed E-state index contributed by atoms with van der Waals surface area (Å²) >= 11 is 0. The van der Waals surface area contributed by atoms with Crippen LogP contribution in [-0.4, -0.2) is 22.9 Å². The fourth-order valence-electron chi connectivity index (χ4n) is 3.15. The van der Waals surface area contributed by atoms with Gasteiger partial charge >= 0.3 is 0 Å². The summed E-state index contributed by atoms with van der Waals surface area (Å²) in [5.74, 6) is 0. The first kappa shape index (κ1) is 15.8. The Balaban J connectivity index is 2.44. The Morgan fingerprint density at radius 3 is 2.24 bits per heavy atom. The van der Waals surface area contributed by atoms with E-state index in [2.05, 4.69) is 63.7 Å². The second kappa shape index (κ2) is 6.44. The molecule has 3 nitrogen and oxygen atoms in total. The Kier molecular flexibility index (Phi) is 4.84. The van der Waals surface area contributed by atoms with Gasteiger partial charge in [0.05, 0.1) is 11.4 Å². The molecule has 0 bridgehead atoms. The number of aryl methyl sites for hydroxylation is 4. The van der Waals surface area contributed by atoms with Gasteiger partial charge in [0.25, 0.3) is 0 Å². The molecule has 2 rings (SSSR count). The van der Waals surface area contributed by atoms with Crippen molar-refractivity contribution in [2.45, 2.75) is 48.0 Å². The lowest BCUT2D eigenvalue weighted by atomic mass is 10.0. The number of likely N-dealkylation sites (N-methyl/N-ethyl adjacent to an activating group) is 1. The van der Waals surface area contributed by atoms with Gasteiger partial charge in [0.15, 0.2) is 0 Å². The lowest BCUT2D eigenvalue weighted by Gasteiger charge is -2.13. The molecule has 2 aromatic rings. The van der Waals surface area contributed by atoms with Crippen molar-refractivity contribution < 1.29 is 0 Å². The zero-order chi connectivity index (χ0) is 15.6. The molecule has 0 aliphatic carbocycles. The average molecular weight is 285 g/mol. The summed E-state index contributed by atoms with van der Waals surface area (Å²) in [6.45, 7) is 14.9. The third-order valence-electron chi connectivity index (χ3n) is 4.09. The molecule has 0 fully saturated rings. The van der Waals surface area contributed by atoms with Gasteiger partial charge in [-0.05, 0) is 70.8 Å². The van der Waals surface area contributed by atoms with Crippen molar-refractivity contribution in [3.63, 3.8) is 0 Å². The zero-order valence-electron chi connectivity index (χ0n) is 14.2. The molecule has 0 unspecified atom stereocenters. The highest BCUT2D eigenvalue weighted by atomic mass is 15.3. The van der Waals surface area contributed by atoms with Gasteiger partial charge in [0.2, 0.25) is 0 Å². The third-order valence-corrected chi connectivity index (χ3v) is 4.09. The van der Waals surface area contributed by atoms with Crippen molar-refractivity contribution in [2.75, 3.05) is 13.1 Å². The van der Waals surface area contributed by atoms with Gasteiger partial charge in [-0.2, -0.15) is 5.10 Å². The lowest BCUT2D eigenvalue weighted by molar-refractivity contribution is 0.712. The van der Waals surface area contributed by atoms with Gasteiger partial charge in [-0.15, -0.1) is 0 Å². The molecule has 0 amide bonds. The Bertz CT molecular complexity index is 615. The summed E-state index contributed by atoms with van der Waals surface area (Å²) < 4.78 is 2.13. The van der Waals surface area contributed by atoms with Crippen molar-refractivity contribution in [3.05, 3.63) is 45.8 Å². The number of benzene rings is 1. The van der Waals surface area contributed by atoms with E-state index in [0.29, 0.717) is 0 Å². The van der Waals surface area contributed by atoms with Crippen molar-refractivity contribution in [3.8, 4) is 5.69 Å². The maximum atomic E-state index is 4.80. The molecule has 1 heterocycles. The van der Waals surface area contributed by atoms with Gasteiger partial charge in [-0.25, -0.2) is 4.68 Å². The molecule has 0 radical (unpaired) electrons. The monoisotopic (exact) mass is 285 g/mol. The normalized spacial score (nSPS) is 11.1. The number of hydrogen-bond acceptors (Lipinski definition) is 2. The summed E-state index contributed by atoms with van der Waals surface area (Å²) in [5, 5.41) is 8.19. The zero-order valence-corrected chi connectivity index (χ0v) is 14.2. The molecule has 0 atom stereocenters. The van der Waals surface area contributed by atoms with E-state index < -0.39 is 0 Å². The maximum absolute atomic E-state index is 4.80. The highest BCUT2D eigenvalue weighted by molar-refractivity contribution is 5.50. The molecule has 1 N–H and O–H groups in total. The first-order valence-corrected chi connectivity index (χ1v) is 7.79. The van der Waals surface area contributed by atoms with Gasteiger partial charge in [-0.3, -0.25) is 0 Å². The minimum absolute atomic E-state index is 1.01. The Morgan fingerprint density at radius 2 is 1.67 bits per heavy atom. The van der Waals surface area contributed by atoms with Crippen LogP contribution in [0.1, 0.15) is 40.6 Å². The SMILES string of the molecule is CCNCCc1c(C)nn(-c2c(C)cc(C)cc2C)c1C. The predicted octanol–water partition coefficient (Wildman–Crippen LogP) is 3.57. The molecule has 0 saturated carbocycles. The first-order chi connectivity index (χ1) is 9.95. The second-order valence-corrected chi connectivity index (χ2v) is 5.91. The Labute approximate surface area is 128 Å². The van der Waals surface area contributed by atoms with Crippen molar-refractivity contribution in [2.24, 2.45) is 0 Å². The van der Waals surface area contributed by atoms with Crippen LogP contribution in [0.2, 0.25) is 0 Å². The van der Waals surface area contributed by atoms with Crippen LogP contribution in [0.15, 0.2) is 12.1 Å². The smallest absolute Gasteiger partial charge is 0.0707 e. The van der Waals surface area contributed by atoms with Gasteiger partial charge in [-0.1, -0.05) is 24.6 Å². The van der Waals surface area contributed by atoms with E-state index in [-0.39, 0.29) is 0 Å². The quantitative estimate of drug-likeness (QED) is 0.851. The summed E-state index contributed by atoms with van der Waals surface area (Å²) in [5.41, 5.74) is 8.90. The summed E-state index contributed by atoms with van der Waals surface area (Å²) in [7, 11) is 0. The molecule has 0 saturated heterocycles. The number of nitrogens with one attached hydrogen (secondary N) is 1. The standard InChI is InChI=1S/C18H27N3/c1-7-19-9-8-17-15(5)20-21(16(17)6)18-13(3)10-12(2)11-14(18)4/h10-11,19H,7-9H2,1-6H3. The van der Waals surface area contributed by atoms with E-state index in [0.717, 1.165) is 25.2 Å². The fraction of sp³-hybridized carbons (Fsp3) is 0.500. The van der Waals surface area contributed by atoms with E-state index in [1.165, 1.54) is 33.6 Å². The van der Waals surface area contributed by atoms with E-state index in [1.807, 2.05) is 0 Å². The van der Waals surface area contributed by atoms with E-state index in [9.17, 15) is 0 Å². The van der Waals surface area contributed by atoms with Gasteiger partial charge < -0.3 is 5.32 Å². The fourth-order valence-corrected chi connectivity index (χ4v) is 3.15. The van der Waals surface area contributed by atoms with Crippen LogP contribution in [-0.2, 0) is 6.42 Å². The molecule has 21 heavy (non-hydrogen) atoms. The highest BCUT2D eigenvalue weighted by Crippen LogP contribution is 2.24. The van der Waals surface area contributed by atoms with Crippen LogP contribution in [0.4, 0.5) is 0 Å². The molecule has 114 valence electrons. The largest absolute Gasteiger partial charge is 0.317 e. The average Bonchev–Trinajstić information content (AvgIpc) is 2.66. The Hall–Kier alpha value is -1.61. The summed E-state index contributed by atoms with van der Waals surface area (Å²) in [6.07, 6.45) is 1.04. The van der Waals surface area contributed by atoms with E-state index >= 15 is 0 Å². The molecular weight excluding hydrogens is 258 g/mol. The second-order valence-electron chi connectivity index (χ2n) is 5.91. The maximum Gasteiger partial charge on any atom is 0.0707 e. The van der Waals surface area contributed by atoms with Crippen molar-refractivity contribution in [1.29, 1.82) is 0 Å². The van der Waals surface area contributed by atoms with Gasteiger partial charge in [0, 0.05) is 5.69 Å². The van der Waals surface area contributed by atoms with Crippen LogP contribution in [0.5, 0.6) is 0 Å². The number of rotatable bonds is 5. The predicted molar refractivity (Wildman–Crippen MR) is 89.5 cm³/mol. The topological polar surface area (TPSA) is 29.9 Å². The van der Waals surface area contributed by atoms with Gasteiger partial charge in [0.1, 0.15) is 0 Å². The molecule has 0 spiro atoms. The van der Waals surface area contributed by atoms with Crippen LogP contribution in [0, 0.1) is 34.6 Å². The van der Waals surface area contributed by atoms with Crippen LogP contribution in [0.25, 0.3) is 5.69 Å². The molecule has 0 aliphatic rings. The highest BCUT2D eigenvalue weighted by Gasteiger charge is 2.15. The third kappa shape index (κ3) is 3.18. The molecular formula is C18H27N3. The Morgan fingerprint density at radius 1 is 1.05 bits per heavy atom. The first-order valence-electron chi connectivity index (χ1n) is 7.79. The van der Waals surface area contributed by atoms with Crippen LogP contribution in [0.3, 0.4) is 0 Å². The summed E-state index contributed by atoms with van der Waals surface area (Å²) in [6, 6.07) is 4.47. The minimum atomic E-state index is 1.01. The minimum Gasteiger partial charge on any atom is -0.317 e. The molecule has 3 heteroatoms. The van der Waals surface area contributed by atoms with Crippen molar-refractivity contribution >= 4 is 0 Å². The van der Waals surface area contributed by atoms with Crippen molar-refractivity contribution in [1.82, 2.24) is 15.1 Å². The van der Waals surface area contributed by atoms with Crippen LogP contribution >= 0.6 is 0 Å². The van der Waals surface area contributed by atoms with E-state index in [1.54, 1.807) is 0 Å². The summed E-state index contributed by atoms with van der Waals surface area (Å²) in [4.78, 5) is 0. The van der Waals surface area contributed by atoms with Crippen LogP contribution < -0.4 is 5.32 Å². The van der Waals surface area contributed by atoms with E-state index in [4.69, 9.17) is 5.10 Å². The number of nitrogens with zero attached hydrogens (tertiary/aromatic N) is 2. The molecule has 1 aromatic carbocycles. The lowest BCUT2D eigenvalue weighted by Crippen LogP contribution is -2.16. The molecule has 0 aliphatic heterocycles. The number of hydrogen-bond donors (Lipinski definition) is 1. The molecule has 1 aromatic heterocycles.